The lowest BCUT2D eigenvalue weighted by atomic mass is 9.92. The number of hydrogen-bond acceptors (Lipinski definition) is 7. The first-order chi connectivity index (χ1) is 17.1. The second-order valence-electron chi connectivity index (χ2n) is 10.7. The molecule has 2 N–H and O–H groups in total. The number of anilines is 1. The third-order valence-corrected chi connectivity index (χ3v) is 6.96. The summed E-state index contributed by atoms with van der Waals surface area (Å²) in [5.41, 5.74) is 0.0997. The maximum absolute atomic E-state index is 13.8. The zero-order chi connectivity index (χ0) is 26.0. The van der Waals surface area contributed by atoms with Gasteiger partial charge in [-0.2, -0.15) is 0 Å². The number of nitrogens with two attached hydrogens (primary N) is 1. The lowest BCUT2D eigenvalue weighted by Gasteiger charge is -2.40. The molecule has 2 atom stereocenters. The number of carbonyl (C=O) groups excluding carboxylic acids is 4. The average Bonchev–Trinajstić information content (AvgIpc) is 3.29. The van der Waals surface area contributed by atoms with E-state index >= 15 is 0 Å². The van der Waals surface area contributed by atoms with Crippen molar-refractivity contribution in [2.45, 2.75) is 96.1 Å². The van der Waals surface area contributed by atoms with Crippen LogP contribution in [0.15, 0.2) is 24.3 Å². The Kier molecular flexibility index (Phi) is 7.54. The molecule has 1 aliphatic carbocycles. The van der Waals surface area contributed by atoms with E-state index in [9.17, 15) is 19.2 Å². The van der Waals surface area contributed by atoms with E-state index in [1.165, 1.54) is 9.80 Å². The van der Waals surface area contributed by atoms with Gasteiger partial charge in [-0.25, -0.2) is 20.4 Å². The second-order valence-corrected chi connectivity index (χ2v) is 10.7. The Morgan fingerprint density at radius 3 is 2.42 bits per heavy atom. The number of ether oxygens (including phenoxy) is 2. The predicted octanol–water partition coefficient (Wildman–Crippen LogP) is 2.88. The van der Waals surface area contributed by atoms with Crippen LogP contribution in [0.25, 0.3) is 0 Å². The molecule has 1 aromatic carbocycles. The zero-order valence-electron chi connectivity index (χ0n) is 21.3. The van der Waals surface area contributed by atoms with Gasteiger partial charge in [0, 0.05) is 25.4 Å². The van der Waals surface area contributed by atoms with Crippen molar-refractivity contribution in [2.24, 2.45) is 5.84 Å². The molecule has 1 saturated heterocycles. The summed E-state index contributed by atoms with van der Waals surface area (Å²) in [6.07, 6.45) is 4.04. The van der Waals surface area contributed by atoms with E-state index in [4.69, 9.17) is 15.3 Å². The van der Waals surface area contributed by atoms with Gasteiger partial charge in [-0.15, -0.1) is 0 Å². The molecule has 0 bridgehead atoms. The molecule has 196 valence electrons. The average molecular weight is 501 g/mol. The number of para-hydroxylation sites is 1. The number of hydrogen-bond donors (Lipinski definition) is 1. The molecule has 2 heterocycles. The molecule has 1 aromatic rings. The number of esters is 1. The number of hydrazine groups is 1. The first-order valence-electron chi connectivity index (χ1n) is 12.8. The highest BCUT2D eigenvalue weighted by Crippen LogP contribution is 2.31. The van der Waals surface area contributed by atoms with Gasteiger partial charge in [0.15, 0.2) is 6.23 Å². The highest BCUT2D eigenvalue weighted by molar-refractivity contribution is 6.40. The Morgan fingerprint density at radius 1 is 1.03 bits per heavy atom. The molecule has 4 rings (SSSR count). The largest absolute Gasteiger partial charge is 0.444 e. The molecule has 36 heavy (non-hydrogen) atoms. The minimum atomic E-state index is -1.01. The Balaban J connectivity index is 1.80. The van der Waals surface area contributed by atoms with Crippen LogP contribution in [0.4, 0.5) is 10.5 Å². The minimum absolute atomic E-state index is 0.0621. The molecule has 0 radical (unpaired) electrons. The highest BCUT2D eigenvalue weighted by Gasteiger charge is 2.44. The van der Waals surface area contributed by atoms with Gasteiger partial charge in [0.2, 0.25) is 0 Å². The van der Waals surface area contributed by atoms with Gasteiger partial charge in [0.25, 0.3) is 0 Å². The molecule has 2 unspecified atom stereocenters. The predicted molar refractivity (Wildman–Crippen MR) is 131 cm³/mol. The van der Waals surface area contributed by atoms with E-state index in [-0.39, 0.29) is 19.0 Å². The van der Waals surface area contributed by atoms with Gasteiger partial charge in [-0.1, -0.05) is 37.5 Å². The SMILES string of the molecule is CC(C)(C)OC(=O)N(C1CCCCC1)C1Cc2ccccc2N(N)C(=O)C(=O)N2CCCC2OC1=O. The van der Waals surface area contributed by atoms with Crippen LogP contribution in [-0.4, -0.2) is 64.1 Å². The van der Waals surface area contributed by atoms with Crippen LogP contribution in [-0.2, 0) is 30.3 Å². The van der Waals surface area contributed by atoms with Crippen LogP contribution in [0.2, 0.25) is 0 Å². The normalized spacial score (nSPS) is 23.9. The standard InChI is InChI=1S/C26H36N4O6/c1-26(2,3)36-25(34)29(18-11-5-4-6-12-18)20-16-17-10-7-8-13-19(17)30(27)23(32)22(31)28-15-9-14-21(28)35-24(20)33/h7-8,10,13,18,20-21H,4-6,9,11-12,14-16,27H2,1-3H3. The van der Waals surface area contributed by atoms with Gasteiger partial charge >= 0.3 is 23.9 Å². The fourth-order valence-corrected chi connectivity index (χ4v) is 5.27. The van der Waals surface area contributed by atoms with Crippen LogP contribution in [0.5, 0.6) is 0 Å². The molecule has 0 aromatic heterocycles. The Bertz CT molecular complexity index is 1020. The summed E-state index contributed by atoms with van der Waals surface area (Å²) in [6.45, 7) is 5.64. The van der Waals surface area contributed by atoms with Gasteiger partial charge in [-0.05, 0) is 51.7 Å². The highest BCUT2D eigenvalue weighted by atomic mass is 16.6. The van der Waals surface area contributed by atoms with E-state index in [0.717, 1.165) is 37.1 Å². The van der Waals surface area contributed by atoms with Crippen molar-refractivity contribution in [3.8, 4) is 0 Å². The van der Waals surface area contributed by atoms with E-state index < -0.39 is 41.7 Å². The summed E-state index contributed by atoms with van der Waals surface area (Å²) >= 11 is 0. The minimum Gasteiger partial charge on any atom is -0.444 e. The van der Waals surface area contributed by atoms with Crippen molar-refractivity contribution in [1.82, 2.24) is 9.80 Å². The van der Waals surface area contributed by atoms with Crippen LogP contribution < -0.4 is 10.9 Å². The van der Waals surface area contributed by atoms with Crippen molar-refractivity contribution < 1.29 is 28.7 Å². The second kappa shape index (κ2) is 10.5. The topological polar surface area (TPSA) is 122 Å². The fraction of sp³-hybridized carbons (Fsp3) is 0.615. The fourth-order valence-electron chi connectivity index (χ4n) is 5.27. The number of nitrogens with zero attached hydrogens (tertiary/aromatic N) is 3. The van der Waals surface area contributed by atoms with E-state index in [2.05, 4.69) is 0 Å². The Hall–Kier alpha value is -3.14. The summed E-state index contributed by atoms with van der Waals surface area (Å²) < 4.78 is 11.6. The van der Waals surface area contributed by atoms with E-state index in [1.807, 2.05) is 0 Å². The maximum Gasteiger partial charge on any atom is 0.411 e. The first kappa shape index (κ1) is 25.9. The number of rotatable bonds is 2. The van der Waals surface area contributed by atoms with Gasteiger partial charge in [0.05, 0.1) is 5.69 Å². The van der Waals surface area contributed by atoms with Gasteiger partial charge in [-0.3, -0.25) is 19.4 Å². The van der Waals surface area contributed by atoms with Gasteiger partial charge < -0.3 is 9.47 Å². The van der Waals surface area contributed by atoms with Crippen LogP contribution in [0.3, 0.4) is 0 Å². The summed E-state index contributed by atoms with van der Waals surface area (Å²) in [4.78, 5) is 56.1. The lowest BCUT2D eigenvalue weighted by Crippen LogP contribution is -2.55. The summed E-state index contributed by atoms with van der Waals surface area (Å²) in [5.74, 6) is 3.81. The smallest absolute Gasteiger partial charge is 0.411 e. The molecule has 0 spiro atoms. The molecule has 2 fully saturated rings. The number of carbonyl (C=O) groups is 4. The number of amides is 3. The Labute approximate surface area is 211 Å². The monoisotopic (exact) mass is 500 g/mol. The lowest BCUT2D eigenvalue weighted by molar-refractivity contribution is -0.169. The molecule has 1 saturated carbocycles. The third-order valence-electron chi connectivity index (χ3n) is 6.96. The van der Waals surface area contributed by atoms with Crippen molar-refractivity contribution >= 4 is 29.6 Å². The first-order valence-corrected chi connectivity index (χ1v) is 12.8. The molecular formula is C26H36N4O6. The quantitative estimate of drug-likeness (QED) is 0.287. The van der Waals surface area contributed by atoms with Crippen LogP contribution >= 0.6 is 0 Å². The molecule has 10 heteroatoms. The Morgan fingerprint density at radius 2 is 1.72 bits per heavy atom. The zero-order valence-corrected chi connectivity index (χ0v) is 21.3. The van der Waals surface area contributed by atoms with Crippen LogP contribution in [0, 0.1) is 0 Å². The summed E-state index contributed by atoms with van der Waals surface area (Å²) in [7, 11) is 0. The summed E-state index contributed by atoms with van der Waals surface area (Å²) in [6, 6.07) is 5.62. The molecular weight excluding hydrogens is 464 g/mol. The van der Waals surface area contributed by atoms with Crippen LogP contribution in [0.1, 0.15) is 71.3 Å². The number of benzene rings is 1. The molecule has 3 amide bonds. The summed E-state index contributed by atoms with van der Waals surface area (Å²) in [5, 5.41) is 0.832. The van der Waals surface area contributed by atoms with Gasteiger partial charge in [0.1, 0.15) is 11.6 Å². The third kappa shape index (κ3) is 5.48. The van der Waals surface area contributed by atoms with Crippen molar-refractivity contribution in [1.29, 1.82) is 0 Å². The van der Waals surface area contributed by atoms with E-state index in [0.29, 0.717) is 24.1 Å². The van der Waals surface area contributed by atoms with E-state index in [1.54, 1.807) is 45.0 Å². The molecule has 10 nitrogen and oxygen atoms in total. The van der Waals surface area contributed by atoms with Crippen molar-refractivity contribution in [3.63, 3.8) is 0 Å². The van der Waals surface area contributed by atoms with Crippen molar-refractivity contribution in [2.75, 3.05) is 11.6 Å². The molecule has 2 aliphatic heterocycles. The van der Waals surface area contributed by atoms with Crippen molar-refractivity contribution in [3.05, 3.63) is 29.8 Å². The maximum atomic E-state index is 13.8. The number of fused-ring (bicyclic) bond motifs is 2. The molecule has 3 aliphatic rings.